The predicted molar refractivity (Wildman–Crippen MR) is 121 cm³/mol. The van der Waals surface area contributed by atoms with Crippen molar-refractivity contribution in [2.24, 2.45) is 5.73 Å². The fourth-order valence-electron chi connectivity index (χ4n) is 3.51. The molecule has 0 fully saturated rings. The molecule has 2 heterocycles. The molecule has 0 spiro atoms. The number of nitrogens with two attached hydrogens (primary N) is 1. The van der Waals surface area contributed by atoms with Crippen molar-refractivity contribution in [2.45, 2.75) is 6.61 Å². The maximum atomic E-state index is 13.2. The van der Waals surface area contributed by atoms with Crippen LogP contribution in [0.4, 0.5) is 14.5 Å². The Morgan fingerprint density at radius 3 is 2.45 bits per heavy atom. The topological polar surface area (TPSA) is 125 Å². The van der Waals surface area contributed by atoms with Gasteiger partial charge in [0.2, 0.25) is 15.9 Å². The van der Waals surface area contributed by atoms with Gasteiger partial charge in [0.25, 0.3) is 0 Å². The smallest absolute Gasteiger partial charge is 0.387 e. The number of alkyl halides is 2. The van der Waals surface area contributed by atoms with Gasteiger partial charge in [-0.2, -0.15) is 8.78 Å². The molecule has 1 amide bonds. The summed E-state index contributed by atoms with van der Waals surface area (Å²) in [7, 11) is -3.63. The van der Waals surface area contributed by atoms with Crippen molar-refractivity contribution < 1.29 is 31.1 Å². The van der Waals surface area contributed by atoms with Crippen LogP contribution >= 0.6 is 23.2 Å². The van der Waals surface area contributed by atoms with E-state index in [1.807, 2.05) is 0 Å². The highest BCUT2D eigenvalue weighted by molar-refractivity contribution is 7.92. The van der Waals surface area contributed by atoms with Crippen LogP contribution in [0.25, 0.3) is 33.1 Å². The molecule has 4 aromatic rings. The number of benzene rings is 2. The molecule has 0 unspecified atom stereocenters. The van der Waals surface area contributed by atoms with Crippen molar-refractivity contribution in [1.29, 1.82) is 0 Å². The number of primary amides is 1. The summed E-state index contributed by atoms with van der Waals surface area (Å²) in [4.78, 5) is 16.4. The lowest BCUT2D eigenvalue weighted by atomic mass is 9.94. The zero-order chi connectivity index (χ0) is 24.1. The summed E-state index contributed by atoms with van der Waals surface area (Å²) in [5.74, 6) is -1.34. The molecule has 2 aromatic carbocycles. The highest BCUT2D eigenvalue weighted by Gasteiger charge is 2.27. The Bertz CT molecular complexity index is 1520. The minimum Gasteiger partial charge on any atom is -0.452 e. The van der Waals surface area contributed by atoms with Crippen LogP contribution in [0.2, 0.25) is 10.0 Å². The van der Waals surface area contributed by atoms with E-state index in [2.05, 4.69) is 14.4 Å². The number of amides is 1. The summed E-state index contributed by atoms with van der Waals surface area (Å²) >= 11 is 12.5. The van der Waals surface area contributed by atoms with Crippen molar-refractivity contribution in [2.75, 3.05) is 11.0 Å². The Kier molecular flexibility index (Phi) is 5.81. The molecule has 0 radical (unpaired) electrons. The fourth-order valence-corrected chi connectivity index (χ4v) is 4.63. The predicted octanol–water partition coefficient (Wildman–Crippen LogP) is 5.03. The van der Waals surface area contributed by atoms with E-state index in [1.165, 1.54) is 30.6 Å². The van der Waals surface area contributed by atoms with E-state index < -0.39 is 28.3 Å². The number of anilines is 1. The second-order valence-corrected chi connectivity index (χ2v) is 9.47. The van der Waals surface area contributed by atoms with E-state index in [9.17, 15) is 22.0 Å². The SMILES string of the molecule is CS(=O)(=O)Nc1ccc2oc3c(OC(F)F)cc(-c4c(Cl)cncc4Cl)c(C(N)=O)c3c2c1. The van der Waals surface area contributed by atoms with Gasteiger partial charge in [-0.15, -0.1) is 0 Å². The van der Waals surface area contributed by atoms with Crippen molar-refractivity contribution in [3.8, 4) is 16.9 Å². The lowest BCUT2D eigenvalue weighted by molar-refractivity contribution is -0.0493. The molecular formula is C20H13Cl2F2N3O5S. The number of pyridine rings is 1. The molecule has 8 nitrogen and oxygen atoms in total. The van der Waals surface area contributed by atoms with Gasteiger partial charge in [0, 0.05) is 40.0 Å². The highest BCUT2D eigenvalue weighted by atomic mass is 35.5. The fraction of sp³-hybridized carbons (Fsp3) is 0.100. The van der Waals surface area contributed by atoms with Crippen molar-refractivity contribution >= 4 is 66.8 Å². The highest BCUT2D eigenvalue weighted by Crippen LogP contribution is 2.46. The second-order valence-electron chi connectivity index (χ2n) is 6.91. The van der Waals surface area contributed by atoms with Crippen molar-refractivity contribution in [1.82, 2.24) is 4.98 Å². The Labute approximate surface area is 195 Å². The maximum absolute atomic E-state index is 13.2. The molecule has 13 heteroatoms. The first-order chi connectivity index (χ1) is 15.5. The molecule has 4 rings (SSSR count). The number of nitrogens with one attached hydrogen (secondary N) is 1. The normalized spacial score (nSPS) is 11.9. The van der Waals surface area contributed by atoms with Gasteiger partial charge in [-0.05, 0) is 24.3 Å². The number of sulfonamides is 1. The zero-order valence-electron chi connectivity index (χ0n) is 16.5. The molecule has 0 atom stereocenters. The van der Waals surface area contributed by atoms with Crippen LogP contribution in [-0.2, 0) is 10.0 Å². The Morgan fingerprint density at radius 1 is 1.21 bits per heavy atom. The average molecular weight is 516 g/mol. The van der Waals surface area contributed by atoms with Gasteiger partial charge in [-0.25, -0.2) is 8.42 Å². The van der Waals surface area contributed by atoms with Gasteiger partial charge < -0.3 is 14.9 Å². The molecule has 0 bridgehead atoms. The molecule has 0 aliphatic carbocycles. The summed E-state index contributed by atoms with van der Waals surface area (Å²) in [6, 6.07) is 5.31. The van der Waals surface area contributed by atoms with Gasteiger partial charge >= 0.3 is 6.61 Å². The first-order valence-corrected chi connectivity index (χ1v) is 11.7. The Hall–Kier alpha value is -3.15. The summed E-state index contributed by atoms with van der Waals surface area (Å²) in [6.45, 7) is -3.22. The van der Waals surface area contributed by atoms with E-state index in [1.54, 1.807) is 0 Å². The molecule has 0 saturated heterocycles. The summed E-state index contributed by atoms with van der Waals surface area (Å²) in [6.07, 6.45) is 3.47. The third-order valence-corrected chi connectivity index (χ3v) is 5.77. The third-order valence-electron chi connectivity index (χ3n) is 4.60. The van der Waals surface area contributed by atoms with Crippen LogP contribution in [-0.4, -0.2) is 32.2 Å². The summed E-state index contributed by atoms with van der Waals surface area (Å²) in [5, 5.41) is 0.292. The second kappa shape index (κ2) is 8.32. The van der Waals surface area contributed by atoms with E-state index in [-0.39, 0.29) is 54.4 Å². The number of ether oxygens (including phenoxy) is 1. The largest absolute Gasteiger partial charge is 0.452 e. The van der Waals surface area contributed by atoms with Crippen LogP contribution < -0.4 is 15.2 Å². The number of carbonyl (C=O) groups is 1. The third kappa shape index (κ3) is 4.39. The first kappa shape index (κ1) is 23.0. The van der Waals surface area contributed by atoms with Crippen LogP contribution in [0.5, 0.6) is 5.75 Å². The minimum atomic E-state index is -3.63. The van der Waals surface area contributed by atoms with Gasteiger partial charge in [0.05, 0.1) is 21.9 Å². The maximum Gasteiger partial charge on any atom is 0.387 e. The quantitative estimate of drug-likeness (QED) is 0.371. The Morgan fingerprint density at radius 2 is 1.88 bits per heavy atom. The number of halogens is 4. The van der Waals surface area contributed by atoms with Gasteiger partial charge in [0.1, 0.15) is 5.58 Å². The minimum absolute atomic E-state index is 0.00669. The number of carbonyl (C=O) groups excluding carboxylic acids is 1. The molecule has 172 valence electrons. The molecule has 3 N–H and O–H groups in total. The van der Waals surface area contributed by atoms with Gasteiger partial charge in [-0.1, -0.05) is 23.2 Å². The summed E-state index contributed by atoms with van der Waals surface area (Å²) in [5.41, 5.74) is 5.77. The number of fused-ring (bicyclic) bond motifs is 3. The number of aromatic nitrogens is 1. The average Bonchev–Trinajstić information content (AvgIpc) is 3.05. The first-order valence-electron chi connectivity index (χ1n) is 9.01. The van der Waals surface area contributed by atoms with E-state index in [4.69, 9.17) is 33.4 Å². The van der Waals surface area contributed by atoms with E-state index >= 15 is 0 Å². The molecule has 2 aromatic heterocycles. The molecule has 0 aliphatic heterocycles. The number of furan rings is 1. The van der Waals surface area contributed by atoms with Gasteiger partial charge in [-0.3, -0.25) is 14.5 Å². The van der Waals surface area contributed by atoms with E-state index in [0.717, 1.165) is 12.3 Å². The standard InChI is InChI=1S/C20H13Cl2F2N3O5S/c1-33(29,30)27-8-2-3-13-9(4-8)16-17(19(25)28)10(15-11(21)6-26-7-12(15)22)5-14(18(16)31-13)32-20(23)24/h2-7,20,27H,1H3,(H2,25,28). The number of hydrogen-bond acceptors (Lipinski definition) is 6. The van der Waals surface area contributed by atoms with Crippen LogP contribution in [0.3, 0.4) is 0 Å². The molecular weight excluding hydrogens is 503 g/mol. The molecule has 0 aliphatic rings. The van der Waals surface area contributed by atoms with Crippen LogP contribution in [0.1, 0.15) is 10.4 Å². The lowest BCUT2D eigenvalue weighted by Gasteiger charge is -2.14. The zero-order valence-corrected chi connectivity index (χ0v) is 18.9. The van der Waals surface area contributed by atoms with Crippen molar-refractivity contribution in [3.63, 3.8) is 0 Å². The van der Waals surface area contributed by atoms with Crippen molar-refractivity contribution in [3.05, 3.63) is 52.3 Å². The van der Waals surface area contributed by atoms with Gasteiger partial charge in [0.15, 0.2) is 11.3 Å². The lowest BCUT2D eigenvalue weighted by Crippen LogP contribution is -2.14. The number of hydrogen-bond donors (Lipinski definition) is 2. The molecule has 33 heavy (non-hydrogen) atoms. The summed E-state index contributed by atoms with van der Waals surface area (Å²) < 4.78 is 62.4. The number of nitrogens with zero attached hydrogens (tertiary/aromatic N) is 1. The Balaban J connectivity index is 2.18. The monoisotopic (exact) mass is 515 g/mol. The van der Waals surface area contributed by atoms with Crippen LogP contribution in [0, 0.1) is 0 Å². The molecule has 0 saturated carbocycles. The van der Waals surface area contributed by atoms with E-state index in [0.29, 0.717) is 0 Å². The number of rotatable bonds is 6. The van der Waals surface area contributed by atoms with Crippen LogP contribution in [0.15, 0.2) is 41.1 Å².